The van der Waals surface area contributed by atoms with Crippen LogP contribution in [0.2, 0.25) is 0 Å². The van der Waals surface area contributed by atoms with Gasteiger partial charge in [0.1, 0.15) is 24.4 Å². The van der Waals surface area contributed by atoms with Crippen LogP contribution in [0.3, 0.4) is 0 Å². The highest BCUT2D eigenvalue weighted by molar-refractivity contribution is 5.76. The monoisotopic (exact) mass is 810 g/mol. The van der Waals surface area contributed by atoms with Gasteiger partial charge in [-0.1, -0.05) is 192 Å². The standard InChI is InChI=1S/C48H91NO8/c1-3-5-7-9-11-13-15-16-17-18-19-20-21-22-23-24-25-26-28-30-32-34-36-38-44(52)49-41(40-56-48-47(55)46(54)45(53)43(39-50)57-48)42(51)37-35-33-31-29-27-14-12-10-8-6-4-2/h22-23,35,37,41-43,45-48,50-51,53-55H,3-21,24-34,36,38-40H2,1-2H3,(H,49,52)/b23-22-,37-35+. The molecular formula is C48H91NO8. The number of nitrogens with one attached hydrogen (secondary N) is 1. The number of unbranched alkanes of at least 4 members (excludes halogenated alkanes) is 28. The van der Waals surface area contributed by atoms with E-state index in [1.54, 1.807) is 6.08 Å². The summed E-state index contributed by atoms with van der Waals surface area (Å²) >= 11 is 0. The zero-order chi connectivity index (χ0) is 41.6. The molecule has 6 N–H and O–H groups in total. The summed E-state index contributed by atoms with van der Waals surface area (Å²) in [6, 6.07) is -0.803. The summed E-state index contributed by atoms with van der Waals surface area (Å²) in [4.78, 5) is 12.9. The van der Waals surface area contributed by atoms with Crippen LogP contribution in [0, 0.1) is 0 Å². The molecule has 1 rings (SSSR count). The maximum atomic E-state index is 12.9. The van der Waals surface area contributed by atoms with E-state index >= 15 is 0 Å². The molecule has 0 spiro atoms. The van der Waals surface area contributed by atoms with Gasteiger partial charge < -0.3 is 40.3 Å². The number of allylic oxidation sites excluding steroid dienone is 3. The van der Waals surface area contributed by atoms with Gasteiger partial charge in [0.05, 0.1) is 25.4 Å². The predicted molar refractivity (Wildman–Crippen MR) is 235 cm³/mol. The molecule has 1 heterocycles. The van der Waals surface area contributed by atoms with Gasteiger partial charge in [-0.25, -0.2) is 0 Å². The highest BCUT2D eigenvalue weighted by atomic mass is 16.7. The van der Waals surface area contributed by atoms with E-state index in [9.17, 15) is 30.3 Å². The van der Waals surface area contributed by atoms with Crippen LogP contribution in [0.5, 0.6) is 0 Å². The van der Waals surface area contributed by atoms with E-state index in [-0.39, 0.29) is 12.5 Å². The lowest BCUT2D eigenvalue weighted by Crippen LogP contribution is -2.60. The Morgan fingerprint density at radius 1 is 0.579 bits per heavy atom. The molecule has 0 radical (unpaired) electrons. The van der Waals surface area contributed by atoms with Gasteiger partial charge in [-0.05, 0) is 44.9 Å². The molecule has 9 nitrogen and oxygen atoms in total. The molecule has 1 fully saturated rings. The minimum absolute atomic E-state index is 0.181. The highest BCUT2D eigenvalue weighted by Crippen LogP contribution is 2.23. The number of hydrogen-bond acceptors (Lipinski definition) is 8. The number of carbonyl (C=O) groups is 1. The van der Waals surface area contributed by atoms with E-state index < -0.39 is 49.5 Å². The number of hydrogen-bond donors (Lipinski definition) is 6. The first-order valence-electron chi connectivity index (χ1n) is 24.1. The van der Waals surface area contributed by atoms with Crippen LogP contribution < -0.4 is 5.32 Å². The molecule has 0 aromatic carbocycles. The summed E-state index contributed by atoms with van der Waals surface area (Å²) in [5, 5.41) is 54.1. The maximum absolute atomic E-state index is 12.9. The Labute approximate surface area is 349 Å². The van der Waals surface area contributed by atoms with Crippen molar-refractivity contribution in [3.05, 3.63) is 24.3 Å². The summed E-state index contributed by atoms with van der Waals surface area (Å²) in [5.41, 5.74) is 0. The maximum Gasteiger partial charge on any atom is 0.220 e. The number of ether oxygens (including phenoxy) is 2. The molecule has 1 saturated heterocycles. The molecule has 7 atom stereocenters. The fourth-order valence-electron chi connectivity index (χ4n) is 7.62. The predicted octanol–water partition coefficient (Wildman–Crippen LogP) is 10.3. The molecule has 0 bridgehead atoms. The Balaban J connectivity index is 2.26. The van der Waals surface area contributed by atoms with Crippen LogP contribution >= 0.6 is 0 Å². The third-order valence-corrected chi connectivity index (χ3v) is 11.5. The van der Waals surface area contributed by atoms with Crippen LogP contribution in [0.15, 0.2) is 24.3 Å². The zero-order valence-corrected chi connectivity index (χ0v) is 36.9. The Morgan fingerprint density at radius 3 is 1.42 bits per heavy atom. The van der Waals surface area contributed by atoms with Gasteiger partial charge in [0, 0.05) is 6.42 Å². The first-order valence-corrected chi connectivity index (χ1v) is 24.1. The molecule has 0 saturated carbocycles. The normalized spacial score (nSPS) is 21.1. The van der Waals surface area contributed by atoms with E-state index in [4.69, 9.17) is 9.47 Å². The van der Waals surface area contributed by atoms with Crippen molar-refractivity contribution in [2.75, 3.05) is 13.2 Å². The molecule has 7 unspecified atom stereocenters. The van der Waals surface area contributed by atoms with Crippen LogP contribution in [-0.2, 0) is 14.3 Å². The molecule has 336 valence electrons. The Morgan fingerprint density at radius 2 is 0.982 bits per heavy atom. The summed E-state index contributed by atoms with van der Waals surface area (Å²) < 4.78 is 11.2. The Hall–Kier alpha value is -1.33. The van der Waals surface area contributed by atoms with Crippen molar-refractivity contribution in [1.29, 1.82) is 0 Å². The molecule has 1 amide bonds. The largest absolute Gasteiger partial charge is 0.394 e. The smallest absolute Gasteiger partial charge is 0.220 e. The van der Waals surface area contributed by atoms with Crippen LogP contribution in [0.25, 0.3) is 0 Å². The minimum Gasteiger partial charge on any atom is -0.394 e. The lowest BCUT2D eigenvalue weighted by molar-refractivity contribution is -0.302. The van der Waals surface area contributed by atoms with E-state index in [2.05, 4.69) is 31.3 Å². The van der Waals surface area contributed by atoms with Gasteiger partial charge in [0.15, 0.2) is 6.29 Å². The quantitative estimate of drug-likeness (QED) is 0.0265. The summed E-state index contributed by atoms with van der Waals surface area (Å²) in [6.07, 6.45) is 39.5. The van der Waals surface area contributed by atoms with Crippen molar-refractivity contribution in [2.24, 2.45) is 0 Å². The molecular weight excluding hydrogens is 719 g/mol. The highest BCUT2D eigenvalue weighted by Gasteiger charge is 2.44. The second-order valence-corrected chi connectivity index (χ2v) is 16.9. The van der Waals surface area contributed by atoms with Crippen LogP contribution in [0.4, 0.5) is 0 Å². The van der Waals surface area contributed by atoms with Gasteiger partial charge in [0.2, 0.25) is 5.91 Å². The average Bonchev–Trinajstić information content (AvgIpc) is 3.21. The second-order valence-electron chi connectivity index (χ2n) is 16.9. The van der Waals surface area contributed by atoms with Crippen molar-refractivity contribution in [3.63, 3.8) is 0 Å². The number of amides is 1. The minimum atomic E-state index is -1.56. The van der Waals surface area contributed by atoms with Crippen molar-refractivity contribution < 1.29 is 39.8 Å². The molecule has 0 aromatic heterocycles. The topological polar surface area (TPSA) is 149 Å². The van der Waals surface area contributed by atoms with E-state index in [1.165, 1.54) is 161 Å². The molecule has 1 aliphatic heterocycles. The van der Waals surface area contributed by atoms with Gasteiger partial charge in [0.25, 0.3) is 0 Å². The lowest BCUT2D eigenvalue weighted by atomic mass is 9.99. The second kappa shape index (κ2) is 38.8. The number of rotatable bonds is 40. The first-order chi connectivity index (χ1) is 27.8. The fraction of sp³-hybridized carbons (Fsp3) is 0.896. The molecule has 0 aliphatic carbocycles. The van der Waals surface area contributed by atoms with Gasteiger partial charge >= 0.3 is 0 Å². The van der Waals surface area contributed by atoms with E-state index in [1.807, 2.05) is 6.08 Å². The van der Waals surface area contributed by atoms with E-state index in [0.717, 1.165) is 38.5 Å². The van der Waals surface area contributed by atoms with Crippen molar-refractivity contribution in [3.8, 4) is 0 Å². The molecule has 57 heavy (non-hydrogen) atoms. The first kappa shape index (κ1) is 53.7. The van der Waals surface area contributed by atoms with Gasteiger partial charge in [-0.3, -0.25) is 4.79 Å². The number of aliphatic hydroxyl groups is 5. The number of carbonyl (C=O) groups excluding carboxylic acids is 1. The SMILES string of the molecule is CCCCCCCCCCC/C=C/C(O)C(COC1OC(CO)C(O)C(O)C1O)NC(=O)CCCCCCCCC/C=C\CCCCCCCCCCCCCC. The van der Waals surface area contributed by atoms with Crippen LogP contribution in [0.1, 0.15) is 219 Å². The molecule has 0 aromatic rings. The third-order valence-electron chi connectivity index (χ3n) is 11.5. The van der Waals surface area contributed by atoms with Crippen molar-refractivity contribution >= 4 is 5.91 Å². The fourth-order valence-corrected chi connectivity index (χ4v) is 7.62. The Kier molecular flexibility index (Phi) is 36.6. The molecule has 9 heteroatoms. The third kappa shape index (κ3) is 29.5. The average molecular weight is 810 g/mol. The zero-order valence-electron chi connectivity index (χ0n) is 36.9. The molecule has 1 aliphatic rings. The van der Waals surface area contributed by atoms with Crippen LogP contribution in [-0.4, -0.2) is 87.5 Å². The van der Waals surface area contributed by atoms with Gasteiger partial charge in [-0.2, -0.15) is 0 Å². The summed E-state index contributed by atoms with van der Waals surface area (Å²) in [7, 11) is 0. The Bertz CT molecular complexity index is 945. The summed E-state index contributed by atoms with van der Waals surface area (Å²) in [6.45, 7) is 3.76. The van der Waals surface area contributed by atoms with Crippen molar-refractivity contribution in [2.45, 2.75) is 262 Å². The van der Waals surface area contributed by atoms with Gasteiger partial charge in [-0.15, -0.1) is 0 Å². The van der Waals surface area contributed by atoms with Crippen molar-refractivity contribution in [1.82, 2.24) is 5.32 Å². The lowest BCUT2D eigenvalue weighted by Gasteiger charge is -2.40. The van der Waals surface area contributed by atoms with E-state index in [0.29, 0.717) is 6.42 Å². The number of aliphatic hydroxyl groups excluding tert-OH is 5. The summed E-state index contributed by atoms with van der Waals surface area (Å²) in [5.74, 6) is -0.181.